The number of hydrogen-bond donors (Lipinski definition) is 0. The summed E-state index contributed by atoms with van der Waals surface area (Å²) < 4.78 is 13.0. The monoisotopic (exact) mass is 691 g/mol. The van der Waals surface area contributed by atoms with Gasteiger partial charge in [-0.2, -0.15) is 0 Å². The lowest BCUT2D eigenvalue weighted by Crippen LogP contribution is -2.55. The predicted molar refractivity (Wildman–Crippen MR) is 229 cm³/mol. The van der Waals surface area contributed by atoms with E-state index < -0.39 is 0 Å². The summed E-state index contributed by atoms with van der Waals surface area (Å²) in [5, 5.41) is 4.05. The summed E-state index contributed by atoms with van der Waals surface area (Å²) in [6, 6.07) is 43.9. The summed E-state index contributed by atoms with van der Waals surface area (Å²) in [5.41, 5.74) is 9.89. The maximum Gasteiger partial charge on any atom is 0.164 e. The van der Waals surface area contributed by atoms with Gasteiger partial charge in [0.15, 0.2) is 17.5 Å². The highest BCUT2D eigenvalue weighted by molar-refractivity contribution is 6.68. The van der Waals surface area contributed by atoms with Gasteiger partial charge in [0.1, 0.15) is 61.6 Å². The molecular formula is C45H22B5N3O2. The van der Waals surface area contributed by atoms with Gasteiger partial charge >= 0.3 is 0 Å². The average Bonchev–Trinajstić information content (AvgIpc) is 3.81. The van der Waals surface area contributed by atoms with Gasteiger partial charge in [-0.1, -0.05) is 120 Å². The van der Waals surface area contributed by atoms with E-state index in [1.807, 2.05) is 91.0 Å². The summed E-state index contributed by atoms with van der Waals surface area (Å²) >= 11 is 0. The van der Waals surface area contributed by atoms with Gasteiger partial charge < -0.3 is 8.83 Å². The molecule has 55 heavy (non-hydrogen) atoms. The molecule has 0 N–H and O–H groups in total. The molecule has 0 bridgehead atoms. The molecule has 7 aromatic carbocycles. The van der Waals surface area contributed by atoms with Gasteiger partial charge in [0, 0.05) is 49.4 Å². The summed E-state index contributed by atoms with van der Waals surface area (Å²) in [6.07, 6.45) is 0. The second-order valence-corrected chi connectivity index (χ2v) is 13.5. The van der Waals surface area contributed by atoms with Crippen LogP contribution in [0.2, 0.25) is 0 Å². The lowest BCUT2D eigenvalue weighted by atomic mass is 9.59. The molecular weight excluding hydrogens is 669 g/mol. The highest BCUT2D eigenvalue weighted by atomic mass is 16.3. The molecule has 0 saturated carbocycles. The zero-order valence-corrected chi connectivity index (χ0v) is 29.2. The van der Waals surface area contributed by atoms with E-state index in [1.54, 1.807) is 0 Å². The number of furan rings is 2. The van der Waals surface area contributed by atoms with Crippen molar-refractivity contribution in [3.8, 4) is 56.4 Å². The minimum Gasteiger partial charge on any atom is -0.455 e. The number of hydrogen-bond acceptors (Lipinski definition) is 5. The summed E-state index contributed by atoms with van der Waals surface area (Å²) in [6.45, 7) is 0. The Labute approximate surface area is 322 Å². The first kappa shape index (κ1) is 33.1. The molecule has 10 radical (unpaired) electrons. The fourth-order valence-electron chi connectivity index (χ4n) is 7.41. The Kier molecular flexibility index (Phi) is 7.70. The zero-order chi connectivity index (χ0) is 37.4. The van der Waals surface area contributed by atoms with Crippen molar-refractivity contribution in [3.05, 3.63) is 133 Å². The highest BCUT2D eigenvalue weighted by Gasteiger charge is 2.19. The van der Waals surface area contributed by atoms with E-state index in [9.17, 15) is 0 Å². The third kappa shape index (κ3) is 5.35. The predicted octanol–water partition coefficient (Wildman–Crippen LogP) is 5.97. The molecule has 0 aliphatic heterocycles. The molecule has 10 aromatic rings. The Bertz CT molecular complexity index is 3130. The maximum atomic E-state index is 6.59. The molecule has 0 unspecified atom stereocenters. The van der Waals surface area contributed by atoms with Crippen LogP contribution in [0.3, 0.4) is 0 Å². The second kappa shape index (κ2) is 12.8. The summed E-state index contributed by atoms with van der Waals surface area (Å²) in [5.74, 6) is 1.54. The van der Waals surface area contributed by atoms with E-state index in [-0.39, 0.29) is 27.3 Å². The molecule has 3 heterocycles. The van der Waals surface area contributed by atoms with Crippen molar-refractivity contribution in [1.82, 2.24) is 15.0 Å². The van der Waals surface area contributed by atoms with Gasteiger partial charge in [0.25, 0.3) is 0 Å². The molecule has 10 heteroatoms. The number of para-hydroxylation sites is 3. The quantitative estimate of drug-likeness (QED) is 0.208. The van der Waals surface area contributed by atoms with Crippen LogP contribution in [0, 0.1) is 0 Å². The van der Waals surface area contributed by atoms with Crippen LogP contribution in [-0.2, 0) is 0 Å². The molecule has 10 rings (SSSR count). The van der Waals surface area contributed by atoms with Crippen LogP contribution >= 0.6 is 0 Å². The molecule has 0 aliphatic carbocycles. The lowest BCUT2D eigenvalue weighted by Gasteiger charge is -2.21. The van der Waals surface area contributed by atoms with Crippen LogP contribution in [0.15, 0.2) is 142 Å². The number of rotatable bonds is 5. The Morgan fingerprint density at radius 2 is 0.800 bits per heavy atom. The first-order chi connectivity index (χ1) is 26.8. The normalized spacial score (nSPS) is 11.6. The average molecular weight is 691 g/mol. The van der Waals surface area contributed by atoms with Gasteiger partial charge in [-0.25, -0.2) is 15.0 Å². The fraction of sp³-hybridized carbons (Fsp3) is 0. The first-order valence-corrected chi connectivity index (χ1v) is 17.6. The van der Waals surface area contributed by atoms with Crippen molar-refractivity contribution in [2.75, 3.05) is 0 Å². The Morgan fingerprint density at radius 3 is 1.44 bits per heavy atom. The largest absolute Gasteiger partial charge is 0.455 e. The lowest BCUT2D eigenvalue weighted by molar-refractivity contribution is 0.665. The minimum atomic E-state index is 0.170. The third-order valence-corrected chi connectivity index (χ3v) is 10.2. The van der Waals surface area contributed by atoms with E-state index >= 15 is 0 Å². The van der Waals surface area contributed by atoms with Gasteiger partial charge in [-0.15, -0.1) is 16.4 Å². The number of aromatic nitrogens is 3. The number of nitrogens with zero attached hydrogens (tertiary/aromatic N) is 3. The zero-order valence-electron chi connectivity index (χ0n) is 29.2. The van der Waals surface area contributed by atoms with Crippen LogP contribution < -0.4 is 27.3 Å². The Morgan fingerprint density at radius 1 is 0.345 bits per heavy atom. The van der Waals surface area contributed by atoms with E-state index in [4.69, 9.17) is 63.0 Å². The van der Waals surface area contributed by atoms with Crippen LogP contribution in [0.1, 0.15) is 0 Å². The standard InChI is InChI=1S/C45H22B5N3O2/c46-36-35(37(47)39(49)40(50)38(36)48)23-16-18-25(19-17-23)44-51-43(24-8-2-1-3-9-24)52-45(53-44)26-20-21-34-32(22-26)31-14-7-13-30(42(31)55-34)29-12-6-11-28-27-10-4-5-15-33(27)54-41(28)29/h1-22H. The van der Waals surface area contributed by atoms with Crippen molar-refractivity contribution in [3.63, 3.8) is 0 Å². The van der Waals surface area contributed by atoms with Crippen LogP contribution in [0.4, 0.5) is 0 Å². The van der Waals surface area contributed by atoms with Gasteiger partial charge in [0.05, 0.1) is 0 Å². The third-order valence-electron chi connectivity index (χ3n) is 10.2. The first-order valence-electron chi connectivity index (χ1n) is 17.6. The molecule has 244 valence electrons. The molecule has 0 saturated heterocycles. The summed E-state index contributed by atoms with van der Waals surface area (Å²) in [7, 11) is 31.1. The van der Waals surface area contributed by atoms with Crippen LogP contribution in [-0.4, -0.2) is 54.2 Å². The maximum absolute atomic E-state index is 6.59. The van der Waals surface area contributed by atoms with Crippen molar-refractivity contribution in [2.24, 2.45) is 0 Å². The summed E-state index contributed by atoms with van der Waals surface area (Å²) in [4.78, 5) is 14.9. The highest BCUT2D eigenvalue weighted by Crippen LogP contribution is 2.41. The van der Waals surface area contributed by atoms with Gasteiger partial charge in [-0.3, -0.25) is 0 Å². The molecule has 3 aromatic heterocycles. The van der Waals surface area contributed by atoms with Crippen molar-refractivity contribution < 1.29 is 8.83 Å². The fourth-order valence-corrected chi connectivity index (χ4v) is 7.41. The van der Waals surface area contributed by atoms with Crippen molar-refractivity contribution in [2.45, 2.75) is 0 Å². The molecule has 0 spiro atoms. The molecule has 0 fully saturated rings. The molecule has 5 nitrogen and oxygen atoms in total. The van der Waals surface area contributed by atoms with Crippen LogP contribution in [0.5, 0.6) is 0 Å². The molecule has 0 aliphatic rings. The Hall–Kier alpha value is -6.53. The van der Waals surface area contributed by atoms with Gasteiger partial charge in [0.2, 0.25) is 0 Å². The number of benzene rings is 7. The van der Waals surface area contributed by atoms with E-state index in [0.717, 1.165) is 77.3 Å². The van der Waals surface area contributed by atoms with E-state index in [0.29, 0.717) is 23.0 Å². The topological polar surface area (TPSA) is 65.0 Å². The minimum absolute atomic E-state index is 0.170. The smallest absolute Gasteiger partial charge is 0.164 e. The second-order valence-electron chi connectivity index (χ2n) is 13.5. The van der Waals surface area contributed by atoms with Crippen molar-refractivity contribution in [1.29, 1.82) is 0 Å². The SMILES string of the molecule is [B]c1c([B])c([B])c(-c2ccc(-c3nc(-c4ccccc4)nc(-c4ccc5oc6c(-c7cccc8c7oc7ccccc78)cccc6c5c4)n3)cc2)c([B])c1[B]. The van der Waals surface area contributed by atoms with E-state index in [2.05, 4.69) is 42.5 Å². The van der Waals surface area contributed by atoms with Gasteiger partial charge in [-0.05, 0) is 35.4 Å². The molecule has 0 amide bonds. The molecule has 0 atom stereocenters. The van der Waals surface area contributed by atoms with Crippen molar-refractivity contribution >= 4 is 110 Å². The van der Waals surface area contributed by atoms with Crippen LogP contribution in [0.25, 0.3) is 100 Å². The Balaban J connectivity index is 1.10. The van der Waals surface area contributed by atoms with E-state index in [1.165, 1.54) is 0 Å². The number of fused-ring (bicyclic) bond motifs is 6.